The van der Waals surface area contributed by atoms with Crippen LogP contribution in [-0.2, 0) is 34.8 Å². The van der Waals surface area contributed by atoms with E-state index in [4.69, 9.17) is 16.6 Å². The topological polar surface area (TPSA) is 146 Å². The minimum atomic E-state index is -3.78. The summed E-state index contributed by atoms with van der Waals surface area (Å²) in [5.41, 5.74) is 2.08. The van der Waals surface area contributed by atoms with Crippen LogP contribution in [0.15, 0.2) is 65.6 Å². The number of amides is 1. The number of rotatable bonds is 10. The highest BCUT2D eigenvalue weighted by Gasteiger charge is 2.29. The van der Waals surface area contributed by atoms with Crippen molar-refractivity contribution in [3.8, 4) is 5.69 Å². The number of aryl methyl sites for hydroxylation is 2. The molecule has 0 bridgehead atoms. The average molecular weight is 721 g/mol. The summed E-state index contributed by atoms with van der Waals surface area (Å²) in [5.74, 6) is -1.73. The van der Waals surface area contributed by atoms with Crippen molar-refractivity contribution in [1.29, 1.82) is 0 Å². The zero-order valence-corrected chi connectivity index (χ0v) is 28.7. The van der Waals surface area contributed by atoms with Crippen LogP contribution >= 0.6 is 11.6 Å². The summed E-state index contributed by atoms with van der Waals surface area (Å²) in [5, 5.41) is 12.5. The van der Waals surface area contributed by atoms with Crippen LogP contribution in [0.1, 0.15) is 47.4 Å². The molecule has 50 heavy (non-hydrogen) atoms. The van der Waals surface area contributed by atoms with E-state index in [0.717, 1.165) is 43.0 Å². The van der Waals surface area contributed by atoms with Crippen molar-refractivity contribution in [2.45, 2.75) is 44.7 Å². The highest BCUT2D eigenvalue weighted by Crippen LogP contribution is 2.39. The first kappa shape index (κ1) is 33.4. The number of nitrogens with one attached hydrogen (secondary N) is 2. The summed E-state index contributed by atoms with van der Waals surface area (Å²) >= 11 is 6.61. The molecule has 1 fully saturated rings. The van der Waals surface area contributed by atoms with Gasteiger partial charge in [-0.1, -0.05) is 23.7 Å². The van der Waals surface area contributed by atoms with Gasteiger partial charge in [0.15, 0.2) is 5.82 Å². The molecule has 0 radical (unpaired) electrons. The first-order chi connectivity index (χ1) is 23.8. The smallest absolute Gasteiger partial charge is 0.266 e. The second kappa shape index (κ2) is 12.6. The molecule has 1 saturated carbocycles. The molecule has 12 nitrogen and oxygen atoms in total. The van der Waals surface area contributed by atoms with Gasteiger partial charge in [0.05, 0.1) is 50.5 Å². The van der Waals surface area contributed by atoms with Crippen molar-refractivity contribution in [3.05, 3.63) is 110 Å². The lowest BCUT2D eigenvalue weighted by Gasteiger charge is -2.24. The minimum absolute atomic E-state index is 0.0488. The van der Waals surface area contributed by atoms with Gasteiger partial charge in [-0.2, -0.15) is 10.2 Å². The van der Waals surface area contributed by atoms with Gasteiger partial charge in [-0.15, -0.1) is 0 Å². The lowest BCUT2D eigenvalue weighted by Crippen LogP contribution is -2.37. The summed E-state index contributed by atoms with van der Waals surface area (Å²) in [6.45, 7) is 1.60. The summed E-state index contributed by atoms with van der Waals surface area (Å²) in [7, 11) is -2.21. The van der Waals surface area contributed by atoms with Crippen molar-refractivity contribution in [3.63, 3.8) is 0 Å². The predicted molar refractivity (Wildman–Crippen MR) is 185 cm³/mol. The molecule has 6 aromatic rings. The Labute approximate surface area is 289 Å². The van der Waals surface area contributed by atoms with Crippen LogP contribution in [0.4, 0.5) is 14.6 Å². The van der Waals surface area contributed by atoms with Crippen LogP contribution in [0.3, 0.4) is 0 Å². The normalized spacial score (nSPS) is 14.0. The van der Waals surface area contributed by atoms with Gasteiger partial charge in [0.25, 0.3) is 5.56 Å². The number of carbonyl (C=O) groups is 1. The maximum Gasteiger partial charge on any atom is 0.266 e. The van der Waals surface area contributed by atoms with Crippen LogP contribution in [0.25, 0.3) is 27.5 Å². The summed E-state index contributed by atoms with van der Waals surface area (Å²) in [4.78, 5) is 33.2. The maximum atomic E-state index is 14.7. The van der Waals surface area contributed by atoms with Crippen molar-refractivity contribution in [2.24, 2.45) is 7.05 Å². The molecule has 3 aromatic carbocycles. The lowest BCUT2D eigenvalue weighted by atomic mass is 10.0. The number of hydrogen-bond acceptors (Lipinski definition) is 7. The largest absolute Gasteiger partial charge is 0.344 e. The number of carbonyl (C=O) groups excluding carboxylic acids is 1. The number of anilines is 1. The molecule has 16 heteroatoms. The van der Waals surface area contributed by atoms with Crippen molar-refractivity contribution < 1.29 is 22.0 Å². The van der Waals surface area contributed by atoms with Crippen molar-refractivity contribution >= 4 is 55.2 Å². The van der Waals surface area contributed by atoms with Gasteiger partial charge in [-0.05, 0) is 67.3 Å². The second-order valence-electron chi connectivity index (χ2n) is 12.5. The second-order valence-corrected chi connectivity index (χ2v) is 14.7. The fourth-order valence-electron chi connectivity index (χ4n) is 6.29. The third kappa shape index (κ3) is 6.57. The highest BCUT2D eigenvalue weighted by atomic mass is 35.5. The summed E-state index contributed by atoms with van der Waals surface area (Å²) in [6, 6.07) is 12.0. The number of sulfonamides is 1. The molecule has 1 aliphatic carbocycles. The Balaban J connectivity index is 1.44. The average Bonchev–Trinajstić information content (AvgIpc) is 3.68. The monoisotopic (exact) mass is 720 g/mol. The zero-order valence-electron chi connectivity index (χ0n) is 27.1. The number of benzene rings is 3. The van der Waals surface area contributed by atoms with Crippen LogP contribution in [0.2, 0.25) is 5.02 Å². The zero-order chi connectivity index (χ0) is 35.5. The van der Waals surface area contributed by atoms with Crippen molar-refractivity contribution in [1.82, 2.24) is 34.4 Å². The first-order valence-corrected chi connectivity index (χ1v) is 18.0. The maximum absolute atomic E-state index is 14.7. The number of halogens is 3. The van der Waals surface area contributed by atoms with Crippen molar-refractivity contribution in [2.75, 3.05) is 11.0 Å². The summed E-state index contributed by atoms with van der Waals surface area (Å²) < 4.78 is 60.0. The SMILES string of the molecule is Cc1cccc2nc(C(Cc3cc(F)cc(F)c3)NC(=O)Cn3ccc(C4CC4)n3)n(-c3ccc(Cl)c4c(NS(C)(=O)=O)nn(C)c34)c(=O)c12. The van der Waals surface area contributed by atoms with E-state index in [-0.39, 0.29) is 51.8 Å². The van der Waals surface area contributed by atoms with Crippen LogP contribution in [-0.4, -0.2) is 49.7 Å². The molecule has 0 aliphatic heterocycles. The molecule has 1 amide bonds. The van der Waals surface area contributed by atoms with E-state index in [2.05, 4.69) is 20.2 Å². The molecule has 0 saturated heterocycles. The van der Waals surface area contributed by atoms with E-state index in [1.807, 2.05) is 6.07 Å². The van der Waals surface area contributed by atoms with Gasteiger partial charge in [-0.25, -0.2) is 22.2 Å². The molecule has 1 unspecified atom stereocenters. The van der Waals surface area contributed by atoms with Gasteiger partial charge in [0.1, 0.15) is 24.0 Å². The minimum Gasteiger partial charge on any atom is -0.344 e. The molecule has 7 rings (SSSR count). The quantitative estimate of drug-likeness (QED) is 0.201. The molecule has 2 N–H and O–H groups in total. The number of nitrogens with zero attached hydrogens (tertiary/aromatic N) is 6. The Hall–Kier alpha value is -5.15. The Morgan fingerprint density at radius 1 is 1.06 bits per heavy atom. The third-order valence-electron chi connectivity index (χ3n) is 8.54. The molecule has 258 valence electrons. The van der Waals surface area contributed by atoms with Gasteiger partial charge >= 0.3 is 0 Å². The fraction of sp³-hybridized carbons (Fsp3) is 0.265. The Morgan fingerprint density at radius 2 is 1.80 bits per heavy atom. The van der Waals surface area contributed by atoms with E-state index < -0.39 is 39.2 Å². The van der Waals surface area contributed by atoms with Gasteiger partial charge < -0.3 is 5.32 Å². The van der Waals surface area contributed by atoms with Crippen LogP contribution < -0.4 is 15.6 Å². The Kier molecular flexibility index (Phi) is 8.42. The van der Waals surface area contributed by atoms with Crippen LogP contribution in [0.5, 0.6) is 0 Å². The van der Waals surface area contributed by atoms with E-state index in [9.17, 15) is 26.8 Å². The molecular weight excluding hydrogens is 690 g/mol. The predicted octanol–water partition coefficient (Wildman–Crippen LogP) is 5.06. The van der Waals surface area contributed by atoms with Gasteiger partial charge in [0, 0.05) is 31.6 Å². The number of hydrogen-bond donors (Lipinski definition) is 2. The van der Waals surface area contributed by atoms with E-state index in [1.165, 1.54) is 20.0 Å². The number of fused-ring (bicyclic) bond motifs is 2. The Morgan fingerprint density at radius 3 is 2.50 bits per heavy atom. The fourth-order valence-corrected chi connectivity index (χ4v) is 7.02. The Bertz CT molecular complexity index is 2490. The molecular formula is C34H31ClF2N8O4S. The standard InChI is InChI=1S/C34H31ClF2N8O4S/c1-18-5-4-6-25-29(18)34(47)45(27-10-9-23(35)30-31(27)43(2)41-32(30)42-50(3,48)49)33(39-25)26(15-19-13-21(36)16-22(37)14-19)38-28(46)17-44-12-11-24(40-44)20-7-8-20/h4-6,9-14,16,20,26H,7-8,15,17H2,1-3H3,(H,38,46)(H,41,42). The molecule has 3 heterocycles. The first-order valence-electron chi connectivity index (χ1n) is 15.7. The van der Waals surface area contributed by atoms with Crippen LogP contribution in [0, 0.1) is 18.6 Å². The van der Waals surface area contributed by atoms with Gasteiger partial charge in [0.2, 0.25) is 15.9 Å². The molecule has 1 atom stereocenters. The molecule has 1 aliphatic rings. The molecule has 3 aromatic heterocycles. The molecule has 0 spiro atoms. The van der Waals surface area contributed by atoms with E-state index in [1.54, 1.807) is 44.4 Å². The summed E-state index contributed by atoms with van der Waals surface area (Å²) in [6.07, 6.45) is 4.62. The van der Waals surface area contributed by atoms with Gasteiger partial charge in [-0.3, -0.25) is 28.2 Å². The lowest BCUT2D eigenvalue weighted by molar-refractivity contribution is -0.122. The third-order valence-corrected chi connectivity index (χ3v) is 9.42. The highest BCUT2D eigenvalue weighted by molar-refractivity contribution is 7.92. The van der Waals surface area contributed by atoms with E-state index >= 15 is 0 Å². The van der Waals surface area contributed by atoms with E-state index in [0.29, 0.717) is 22.4 Å². The number of aromatic nitrogens is 6.